The van der Waals surface area contributed by atoms with Crippen molar-refractivity contribution in [2.45, 2.75) is 75.9 Å². The fraction of sp³-hybridized carbons (Fsp3) is 0.783. The lowest BCUT2D eigenvalue weighted by Crippen LogP contribution is -2.46. The number of nitrogens with zero attached hydrogens (tertiary/aromatic N) is 1. The summed E-state index contributed by atoms with van der Waals surface area (Å²) in [5, 5.41) is 3.36. The van der Waals surface area contributed by atoms with Crippen LogP contribution < -0.4 is 10.1 Å². The minimum Gasteiger partial charge on any atom is -0.490 e. The van der Waals surface area contributed by atoms with Crippen LogP contribution in [0.2, 0.25) is 0 Å². The van der Waals surface area contributed by atoms with Crippen LogP contribution in [0.15, 0.2) is 18.5 Å². The molecule has 1 aliphatic heterocycles. The molecule has 2 saturated carbocycles. The summed E-state index contributed by atoms with van der Waals surface area (Å²) in [4.78, 5) is 4.38. The summed E-state index contributed by atoms with van der Waals surface area (Å²) in [6, 6.07) is 2.70. The Labute approximate surface area is 169 Å². The average molecular weight is 389 g/mol. The Kier molecular flexibility index (Phi) is 7.59. The van der Waals surface area contributed by atoms with Gasteiger partial charge in [0.05, 0.1) is 12.3 Å². The summed E-state index contributed by atoms with van der Waals surface area (Å²) in [6.45, 7) is 4.40. The van der Waals surface area contributed by atoms with E-state index in [4.69, 9.17) is 14.2 Å². The van der Waals surface area contributed by atoms with Crippen LogP contribution in [0, 0.1) is 5.92 Å². The van der Waals surface area contributed by atoms with E-state index < -0.39 is 0 Å². The quantitative estimate of drug-likeness (QED) is 0.547. The lowest BCUT2D eigenvalue weighted by atomic mass is 9.98. The molecule has 5 heteroatoms. The molecular formula is C23H36N2O3. The normalized spacial score (nSPS) is 27.4. The van der Waals surface area contributed by atoms with Crippen molar-refractivity contribution in [2.75, 3.05) is 33.0 Å². The second kappa shape index (κ2) is 10.6. The van der Waals surface area contributed by atoms with Crippen molar-refractivity contribution in [2.24, 2.45) is 5.92 Å². The Morgan fingerprint density at radius 3 is 2.75 bits per heavy atom. The maximum atomic E-state index is 5.95. The molecule has 0 spiro atoms. The molecule has 1 saturated heterocycles. The van der Waals surface area contributed by atoms with Gasteiger partial charge in [-0.1, -0.05) is 19.3 Å². The zero-order valence-corrected chi connectivity index (χ0v) is 17.1. The number of ether oxygens (including phenoxy) is 3. The zero-order valence-electron chi connectivity index (χ0n) is 17.1. The first kappa shape index (κ1) is 20.1. The Balaban J connectivity index is 1.05. The number of rotatable bonds is 12. The van der Waals surface area contributed by atoms with Crippen molar-refractivity contribution in [1.29, 1.82) is 0 Å². The second-order valence-electron chi connectivity index (χ2n) is 8.69. The fourth-order valence-corrected chi connectivity index (χ4v) is 4.36. The van der Waals surface area contributed by atoms with Gasteiger partial charge >= 0.3 is 0 Å². The molecule has 156 valence electrons. The fourth-order valence-electron chi connectivity index (χ4n) is 4.36. The molecule has 5 nitrogen and oxygen atoms in total. The third kappa shape index (κ3) is 6.16. The van der Waals surface area contributed by atoms with E-state index in [1.54, 1.807) is 0 Å². The molecule has 0 unspecified atom stereocenters. The molecule has 0 aromatic carbocycles. The van der Waals surface area contributed by atoms with Crippen LogP contribution in [-0.4, -0.2) is 50.1 Å². The predicted octanol–water partition coefficient (Wildman–Crippen LogP) is 4.07. The van der Waals surface area contributed by atoms with E-state index in [1.807, 2.05) is 12.4 Å². The predicted molar refractivity (Wildman–Crippen MR) is 110 cm³/mol. The van der Waals surface area contributed by atoms with Crippen LogP contribution >= 0.6 is 0 Å². The monoisotopic (exact) mass is 388 g/mol. The van der Waals surface area contributed by atoms with Crippen LogP contribution in [0.1, 0.15) is 69.3 Å². The molecule has 0 bridgehead atoms. The molecule has 3 atom stereocenters. The SMILES string of the molecule is c1ncc([C@H]2C[C@H]2CCOCCCOC2CCCCC2)cc1OC[C@@H]1CCN1. The van der Waals surface area contributed by atoms with Crippen LogP contribution in [0.5, 0.6) is 5.75 Å². The van der Waals surface area contributed by atoms with Gasteiger partial charge in [-0.2, -0.15) is 0 Å². The van der Waals surface area contributed by atoms with E-state index in [0.29, 0.717) is 18.1 Å². The lowest BCUT2D eigenvalue weighted by Gasteiger charge is -2.27. The van der Waals surface area contributed by atoms with Crippen LogP contribution in [0.3, 0.4) is 0 Å². The van der Waals surface area contributed by atoms with Crippen molar-refractivity contribution >= 4 is 0 Å². The van der Waals surface area contributed by atoms with Crippen molar-refractivity contribution < 1.29 is 14.2 Å². The van der Waals surface area contributed by atoms with E-state index >= 15 is 0 Å². The maximum absolute atomic E-state index is 5.95. The first-order chi connectivity index (χ1) is 13.9. The minimum absolute atomic E-state index is 0.513. The Morgan fingerprint density at radius 1 is 1.04 bits per heavy atom. The van der Waals surface area contributed by atoms with E-state index in [2.05, 4.69) is 16.4 Å². The molecule has 28 heavy (non-hydrogen) atoms. The number of pyridine rings is 1. The van der Waals surface area contributed by atoms with Gasteiger partial charge in [0.1, 0.15) is 12.4 Å². The highest BCUT2D eigenvalue weighted by Gasteiger charge is 2.38. The number of hydrogen-bond acceptors (Lipinski definition) is 5. The van der Waals surface area contributed by atoms with Gasteiger partial charge < -0.3 is 19.5 Å². The Bertz CT molecular complexity index is 587. The molecule has 3 fully saturated rings. The summed E-state index contributed by atoms with van der Waals surface area (Å²) in [5.41, 5.74) is 1.32. The summed E-state index contributed by atoms with van der Waals surface area (Å²) in [6.07, 6.45) is 15.5. The minimum atomic E-state index is 0.513. The van der Waals surface area contributed by atoms with E-state index in [0.717, 1.165) is 57.5 Å². The maximum Gasteiger partial charge on any atom is 0.137 e. The van der Waals surface area contributed by atoms with Crippen LogP contribution in [0.25, 0.3) is 0 Å². The molecule has 0 radical (unpaired) electrons. The van der Waals surface area contributed by atoms with Gasteiger partial charge in [-0.05, 0) is 68.5 Å². The molecule has 4 rings (SSSR count). The first-order valence-electron chi connectivity index (χ1n) is 11.4. The molecule has 1 aromatic heterocycles. The molecule has 2 aliphatic carbocycles. The number of hydrogen-bond donors (Lipinski definition) is 1. The molecule has 2 heterocycles. The second-order valence-corrected chi connectivity index (χ2v) is 8.69. The van der Waals surface area contributed by atoms with Crippen LogP contribution in [-0.2, 0) is 9.47 Å². The zero-order chi connectivity index (χ0) is 19.0. The highest BCUT2D eigenvalue weighted by atomic mass is 16.5. The van der Waals surface area contributed by atoms with Gasteiger partial charge in [0.15, 0.2) is 0 Å². The summed E-state index contributed by atoms with van der Waals surface area (Å²) >= 11 is 0. The van der Waals surface area contributed by atoms with Gasteiger partial charge in [0.2, 0.25) is 0 Å². The summed E-state index contributed by atoms with van der Waals surface area (Å²) in [5.74, 6) is 2.28. The topological polar surface area (TPSA) is 52.6 Å². The third-order valence-electron chi connectivity index (χ3n) is 6.43. The van der Waals surface area contributed by atoms with Gasteiger partial charge in [-0.15, -0.1) is 0 Å². The van der Waals surface area contributed by atoms with E-state index in [-0.39, 0.29) is 0 Å². The molecule has 3 aliphatic rings. The Morgan fingerprint density at radius 2 is 1.93 bits per heavy atom. The summed E-state index contributed by atoms with van der Waals surface area (Å²) in [7, 11) is 0. The first-order valence-corrected chi connectivity index (χ1v) is 11.4. The Hall–Kier alpha value is -1.17. The van der Waals surface area contributed by atoms with Gasteiger partial charge in [-0.25, -0.2) is 0 Å². The molecule has 1 N–H and O–H groups in total. The number of aromatic nitrogens is 1. The van der Waals surface area contributed by atoms with Crippen molar-refractivity contribution in [3.8, 4) is 5.75 Å². The molecular weight excluding hydrogens is 352 g/mol. The molecule has 1 aromatic rings. The standard InChI is InChI=1S/C23H36N2O3/c1-2-5-21(6-3-1)27-11-4-10-26-12-8-18-14-23(18)19-13-22(16-24-15-19)28-17-20-7-9-25-20/h13,15-16,18,20-21,23,25H,1-12,14,17H2/t18-,20+,23+/m1/s1. The highest BCUT2D eigenvalue weighted by Crippen LogP contribution is 2.49. The lowest BCUT2D eigenvalue weighted by molar-refractivity contribution is 0.0135. The molecule has 0 amide bonds. The van der Waals surface area contributed by atoms with Crippen molar-refractivity contribution in [3.63, 3.8) is 0 Å². The van der Waals surface area contributed by atoms with Gasteiger partial charge in [0, 0.05) is 32.1 Å². The highest BCUT2D eigenvalue weighted by molar-refractivity contribution is 5.30. The van der Waals surface area contributed by atoms with Gasteiger partial charge in [-0.3, -0.25) is 4.98 Å². The van der Waals surface area contributed by atoms with Crippen LogP contribution in [0.4, 0.5) is 0 Å². The third-order valence-corrected chi connectivity index (χ3v) is 6.43. The van der Waals surface area contributed by atoms with Gasteiger partial charge in [0.25, 0.3) is 0 Å². The smallest absolute Gasteiger partial charge is 0.137 e. The largest absolute Gasteiger partial charge is 0.490 e. The number of nitrogens with one attached hydrogen (secondary N) is 1. The van der Waals surface area contributed by atoms with E-state index in [9.17, 15) is 0 Å². The van der Waals surface area contributed by atoms with Crippen molar-refractivity contribution in [1.82, 2.24) is 10.3 Å². The van der Waals surface area contributed by atoms with E-state index in [1.165, 1.54) is 50.5 Å². The summed E-state index contributed by atoms with van der Waals surface area (Å²) < 4.78 is 17.7. The van der Waals surface area contributed by atoms with Crippen molar-refractivity contribution in [3.05, 3.63) is 24.0 Å². The average Bonchev–Trinajstić information content (AvgIpc) is 3.47.